The number of anilines is 3. The first kappa shape index (κ1) is 13.5. The van der Waals surface area contributed by atoms with Crippen LogP contribution in [0.15, 0.2) is 24.3 Å². The summed E-state index contributed by atoms with van der Waals surface area (Å²) in [4.78, 5) is 8.81. The number of rotatable bonds is 5. The minimum absolute atomic E-state index is 0.446. The number of nitrogens with one attached hydrogen (secondary N) is 1. The van der Waals surface area contributed by atoms with Gasteiger partial charge >= 0.3 is 0 Å². The molecule has 0 bridgehead atoms. The van der Waals surface area contributed by atoms with E-state index >= 15 is 0 Å². The van der Waals surface area contributed by atoms with Crippen LogP contribution < -0.4 is 20.5 Å². The summed E-state index contributed by atoms with van der Waals surface area (Å²) < 4.78 is 10.6. The summed E-state index contributed by atoms with van der Waals surface area (Å²) in [7, 11) is 3.25. The van der Waals surface area contributed by atoms with Crippen molar-refractivity contribution in [2.45, 2.75) is 18.8 Å². The number of nitrogen functional groups attached to an aromatic ring is 1. The maximum atomic E-state index is 5.86. The van der Waals surface area contributed by atoms with E-state index in [9.17, 15) is 0 Å². The first-order valence-corrected chi connectivity index (χ1v) is 6.83. The number of ether oxygens (including phenoxy) is 2. The van der Waals surface area contributed by atoms with Crippen molar-refractivity contribution in [2.24, 2.45) is 0 Å². The average Bonchev–Trinajstić information content (AvgIpc) is 3.31. The second kappa shape index (κ2) is 5.47. The van der Waals surface area contributed by atoms with Crippen LogP contribution in [0.4, 0.5) is 17.3 Å². The first-order chi connectivity index (χ1) is 10.2. The van der Waals surface area contributed by atoms with Gasteiger partial charge in [-0.3, -0.25) is 0 Å². The van der Waals surface area contributed by atoms with E-state index in [0.717, 1.165) is 30.1 Å². The van der Waals surface area contributed by atoms with Crippen molar-refractivity contribution in [3.05, 3.63) is 30.1 Å². The van der Waals surface area contributed by atoms with Crippen molar-refractivity contribution in [1.29, 1.82) is 0 Å². The molecule has 2 aromatic rings. The van der Waals surface area contributed by atoms with E-state index in [0.29, 0.717) is 23.3 Å². The Morgan fingerprint density at radius 2 is 1.95 bits per heavy atom. The normalized spacial score (nSPS) is 13.8. The lowest BCUT2D eigenvalue weighted by Gasteiger charge is -2.13. The molecule has 3 rings (SSSR count). The molecule has 1 heterocycles. The van der Waals surface area contributed by atoms with Crippen molar-refractivity contribution in [3.63, 3.8) is 0 Å². The molecule has 0 atom stereocenters. The van der Waals surface area contributed by atoms with Gasteiger partial charge in [-0.25, -0.2) is 9.97 Å². The lowest BCUT2D eigenvalue weighted by atomic mass is 10.2. The van der Waals surface area contributed by atoms with Gasteiger partial charge in [0.1, 0.15) is 29.0 Å². The zero-order valence-electron chi connectivity index (χ0n) is 12.1. The predicted octanol–water partition coefficient (Wildman–Crippen LogP) is 2.70. The van der Waals surface area contributed by atoms with Gasteiger partial charge in [-0.05, 0) is 25.0 Å². The van der Waals surface area contributed by atoms with E-state index in [4.69, 9.17) is 15.2 Å². The number of hydrogen-bond donors (Lipinski definition) is 2. The lowest BCUT2D eigenvalue weighted by molar-refractivity contribution is 0.405. The molecule has 0 saturated heterocycles. The molecular weight excluding hydrogens is 268 g/mol. The molecular formula is C15H18N4O2. The highest BCUT2D eigenvalue weighted by Crippen LogP contribution is 2.39. The van der Waals surface area contributed by atoms with Gasteiger partial charge in [0.2, 0.25) is 0 Å². The molecule has 3 N–H and O–H groups in total. The Kier molecular flexibility index (Phi) is 3.51. The van der Waals surface area contributed by atoms with Gasteiger partial charge in [-0.1, -0.05) is 0 Å². The van der Waals surface area contributed by atoms with E-state index in [1.54, 1.807) is 20.3 Å². The lowest BCUT2D eigenvalue weighted by Crippen LogP contribution is -2.03. The van der Waals surface area contributed by atoms with Crippen LogP contribution in [-0.2, 0) is 0 Å². The number of hydrogen-bond acceptors (Lipinski definition) is 6. The third-order valence-electron chi connectivity index (χ3n) is 3.38. The van der Waals surface area contributed by atoms with Gasteiger partial charge in [0.15, 0.2) is 0 Å². The van der Waals surface area contributed by atoms with Crippen molar-refractivity contribution in [1.82, 2.24) is 9.97 Å². The van der Waals surface area contributed by atoms with Crippen LogP contribution in [0.2, 0.25) is 0 Å². The second-order valence-corrected chi connectivity index (χ2v) is 5.00. The summed E-state index contributed by atoms with van der Waals surface area (Å²) in [6.07, 6.45) is 2.26. The summed E-state index contributed by atoms with van der Waals surface area (Å²) >= 11 is 0. The Morgan fingerprint density at radius 3 is 2.62 bits per heavy atom. The molecule has 0 spiro atoms. The zero-order chi connectivity index (χ0) is 14.8. The third-order valence-corrected chi connectivity index (χ3v) is 3.38. The molecule has 1 aromatic carbocycles. The SMILES string of the molecule is COc1ccc(OC)c(Nc2cc(N)nc(C3CC3)n2)c1. The fourth-order valence-corrected chi connectivity index (χ4v) is 2.12. The van der Waals surface area contributed by atoms with Gasteiger partial charge in [0, 0.05) is 18.1 Å². The van der Waals surface area contributed by atoms with Gasteiger partial charge in [0.05, 0.1) is 19.9 Å². The molecule has 6 nitrogen and oxygen atoms in total. The van der Waals surface area contributed by atoms with Crippen molar-refractivity contribution in [3.8, 4) is 11.5 Å². The van der Waals surface area contributed by atoms with Crippen molar-refractivity contribution >= 4 is 17.3 Å². The van der Waals surface area contributed by atoms with E-state index < -0.39 is 0 Å². The monoisotopic (exact) mass is 286 g/mol. The molecule has 21 heavy (non-hydrogen) atoms. The highest BCUT2D eigenvalue weighted by molar-refractivity contribution is 5.67. The molecule has 1 saturated carbocycles. The number of nitrogens with zero attached hydrogens (tertiary/aromatic N) is 2. The summed E-state index contributed by atoms with van der Waals surface area (Å²) in [6, 6.07) is 7.25. The largest absolute Gasteiger partial charge is 0.497 e. The van der Waals surface area contributed by atoms with Gasteiger partial charge in [-0.15, -0.1) is 0 Å². The quantitative estimate of drug-likeness (QED) is 0.879. The molecule has 6 heteroatoms. The molecule has 1 aromatic heterocycles. The zero-order valence-corrected chi connectivity index (χ0v) is 12.1. The van der Waals surface area contributed by atoms with E-state index in [2.05, 4.69) is 15.3 Å². The molecule has 0 radical (unpaired) electrons. The van der Waals surface area contributed by atoms with Crippen LogP contribution in [-0.4, -0.2) is 24.2 Å². The Hall–Kier alpha value is -2.50. The highest BCUT2D eigenvalue weighted by Gasteiger charge is 2.27. The average molecular weight is 286 g/mol. The molecule has 0 amide bonds. The van der Waals surface area contributed by atoms with Crippen LogP contribution in [0.25, 0.3) is 0 Å². The number of methoxy groups -OCH3 is 2. The second-order valence-electron chi connectivity index (χ2n) is 5.00. The van der Waals surface area contributed by atoms with Crippen LogP contribution in [0.5, 0.6) is 11.5 Å². The van der Waals surface area contributed by atoms with Gasteiger partial charge in [-0.2, -0.15) is 0 Å². The Balaban J connectivity index is 1.92. The number of benzene rings is 1. The summed E-state index contributed by atoms with van der Waals surface area (Å²) in [5.41, 5.74) is 6.63. The smallest absolute Gasteiger partial charge is 0.142 e. The van der Waals surface area contributed by atoms with Gasteiger partial charge in [0.25, 0.3) is 0 Å². The predicted molar refractivity (Wildman–Crippen MR) is 81.2 cm³/mol. The van der Waals surface area contributed by atoms with Crippen LogP contribution >= 0.6 is 0 Å². The minimum atomic E-state index is 0.446. The Morgan fingerprint density at radius 1 is 1.14 bits per heavy atom. The Labute approximate surface area is 123 Å². The number of nitrogens with two attached hydrogens (primary N) is 1. The first-order valence-electron chi connectivity index (χ1n) is 6.83. The van der Waals surface area contributed by atoms with Crippen LogP contribution in [0, 0.1) is 0 Å². The number of aromatic nitrogens is 2. The van der Waals surface area contributed by atoms with E-state index in [-0.39, 0.29) is 0 Å². The topological polar surface area (TPSA) is 82.3 Å². The molecule has 0 aliphatic heterocycles. The molecule has 1 aliphatic rings. The van der Waals surface area contributed by atoms with E-state index in [1.807, 2.05) is 18.2 Å². The summed E-state index contributed by atoms with van der Waals surface area (Å²) in [5, 5.41) is 3.23. The fraction of sp³-hybridized carbons (Fsp3) is 0.333. The van der Waals surface area contributed by atoms with Crippen molar-refractivity contribution in [2.75, 3.05) is 25.3 Å². The third kappa shape index (κ3) is 2.99. The minimum Gasteiger partial charge on any atom is -0.497 e. The van der Waals surface area contributed by atoms with E-state index in [1.165, 1.54) is 0 Å². The Bertz CT molecular complexity index is 656. The van der Waals surface area contributed by atoms with Gasteiger partial charge < -0.3 is 20.5 Å². The summed E-state index contributed by atoms with van der Waals surface area (Å²) in [6.45, 7) is 0. The maximum Gasteiger partial charge on any atom is 0.142 e. The van der Waals surface area contributed by atoms with Crippen LogP contribution in [0.1, 0.15) is 24.6 Å². The highest BCUT2D eigenvalue weighted by atomic mass is 16.5. The standard InChI is InChI=1S/C15H18N4O2/c1-20-10-5-6-12(21-2)11(7-10)17-14-8-13(16)18-15(19-14)9-3-4-9/h5-9H,3-4H2,1-2H3,(H3,16,17,18,19). The molecule has 1 fully saturated rings. The fourth-order valence-electron chi connectivity index (χ4n) is 2.12. The molecule has 110 valence electrons. The van der Waals surface area contributed by atoms with Crippen LogP contribution in [0.3, 0.4) is 0 Å². The van der Waals surface area contributed by atoms with Crippen molar-refractivity contribution < 1.29 is 9.47 Å². The molecule has 0 unspecified atom stereocenters. The maximum absolute atomic E-state index is 5.86. The molecule has 1 aliphatic carbocycles. The summed E-state index contributed by atoms with van der Waals surface area (Å²) in [5.74, 6) is 3.83.